The summed E-state index contributed by atoms with van der Waals surface area (Å²) in [7, 11) is 0. The first-order valence-corrected chi connectivity index (χ1v) is 6.40. The molecule has 0 bridgehead atoms. The summed E-state index contributed by atoms with van der Waals surface area (Å²) in [5, 5.41) is -0.0727. The zero-order chi connectivity index (χ0) is 24.0. The molecule has 0 amide bonds. The van der Waals surface area contributed by atoms with Crippen molar-refractivity contribution in [1.82, 2.24) is 4.57 Å². The van der Waals surface area contributed by atoms with E-state index in [0.717, 1.165) is 4.57 Å². The Balaban J connectivity index is 2.50. The predicted molar refractivity (Wildman–Crippen MR) is 88.5 cm³/mol. The molecule has 20 heavy (non-hydrogen) atoms. The minimum Gasteiger partial charge on any atom is -0.309 e. The van der Waals surface area contributed by atoms with Crippen molar-refractivity contribution in [3.63, 3.8) is 0 Å². The van der Waals surface area contributed by atoms with E-state index in [1.807, 2.05) is 0 Å². The van der Waals surface area contributed by atoms with Crippen molar-refractivity contribution in [2.45, 2.75) is 0 Å². The third-order valence-corrected chi connectivity index (χ3v) is 3.48. The van der Waals surface area contributed by atoms with Crippen LogP contribution in [-0.2, 0) is 0 Å². The van der Waals surface area contributed by atoms with E-state index in [2.05, 4.69) is 15.9 Å². The molecule has 4 aromatic rings. The second-order valence-corrected chi connectivity index (χ2v) is 4.74. The standard InChI is InChI=1S/C18H12BrN/c19-15-10-6-12-17-18(15)14-9-4-5-11-16(14)20(17)13-7-2-1-3-8-13/h1-12H/i1D,2D,3D,4D,5D,6D,7D,8D,9D,10D,11D,12D. The molecule has 2 heteroatoms. The van der Waals surface area contributed by atoms with Crippen molar-refractivity contribution in [1.29, 1.82) is 0 Å². The molecule has 96 valence electrons. The van der Waals surface area contributed by atoms with Crippen LogP contribution in [0.4, 0.5) is 0 Å². The molecule has 0 aliphatic rings. The minimum absolute atomic E-state index is 0.00496. The number of halogens is 1. The van der Waals surface area contributed by atoms with E-state index in [0.29, 0.717) is 0 Å². The summed E-state index contributed by atoms with van der Waals surface area (Å²) in [6.07, 6.45) is 0. The fourth-order valence-corrected chi connectivity index (χ4v) is 2.60. The molecule has 0 fully saturated rings. The van der Waals surface area contributed by atoms with Crippen molar-refractivity contribution < 1.29 is 16.4 Å². The molecule has 0 spiro atoms. The molecule has 3 aromatic carbocycles. The van der Waals surface area contributed by atoms with Gasteiger partial charge in [-0.05, 0) is 30.2 Å². The number of fused-ring (bicyclic) bond motifs is 3. The number of rotatable bonds is 1. The summed E-state index contributed by atoms with van der Waals surface area (Å²) in [5.41, 5.74) is -0.805. The average molecular weight is 334 g/mol. The van der Waals surface area contributed by atoms with Gasteiger partial charge in [0.2, 0.25) is 0 Å². The first-order chi connectivity index (χ1) is 14.8. The van der Waals surface area contributed by atoms with Crippen LogP contribution in [0, 0.1) is 0 Å². The smallest absolute Gasteiger partial charge is 0.0645 e. The fourth-order valence-electron chi connectivity index (χ4n) is 2.12. The molecular weight excluding hydrogens is 310 g/mol. The van der Waals surface area contributed by atoms with E-state index in [4.69, 9.17) is 16.4 Å². The van der Waals surface area contributed by atoms with Gasteiger partial charge in [-0.1, -0.05) is 58.2 Å². The third-order valence-electron chi connectivity index (χ3n) is 2.88. The highest BCUT2D eigenvalue weighted by atomic mass is 79.9. The lowest BCUT2D eigenvalue weighted by molar-refractivity contribution is 1.18. The van der Waals surface area contributed by atoms with E-state index in [1.54, 1.807) is 0 Å². The van der Waals surface area contributed by atoms with Gasteiger partial charge in [0.05, 0.1) is 27.5 Å². The maximum absolute atomic E-state index is 8.47. The van der Waals surface area contributed by atoms with Crippen LogP contribution < -0.4 is 0 Å². The van der Waals surface area contributed by atoms with Crippen LogP contribution in [0.2, 0.25) is 0 Å². The topological polar surface area (TPSA) is 4.93 Å². The fraction of sp³-hybridized carbons (Fsp3) is 0. The molecule has 0 unspecified atom stereocenters. The van der Waals surface area contributed by atoms with Crippen molar-refractivity contribution in [3.8, 4) is 5.69 Å². The molecule has 0 N–H and O–H groups in total. The highest BCUT2D eigenvalue weighted by Gasteiger charge is 2.13. The van der Waals surface area contributed by atoms with Crippen LogP contribution in [0.25, 0.3) is 27.5 Å². The Hall–Kier alpha value is -2.06. The lowest BCUT2D eigenvalue weighted by atomic mass is 10.2. The monoisotopic (exact) mass is 333 g/mol. The lowest BCUT2D eigenvalue weighted by Gasteiger charge is -2.07. The Morgan fingerprint density at radius 3 is 2.30 bits per heavy atom. The van der Waals surface area contributed by atoms with Crippen LogP contribution in [0.5, 0.6) is 0 Å². The summed E-state index contributed by atoms with van der Waals surface area (Å²) in [5.74, 6) is 0. The van der Waals surface area contributed by atoms with Gasteiger partial charge in [0, 0.05) is 20.9 Å². The molecule has 1 aromatic heterocycles. The van der Waals surface area contributed by atoms with Gasteiger partial charge in [-0.25, -0.2) is 0 Å². The zero-order valence-electron chi connectivity index (χ0n) is 21.8. The largest absolute Gasteiger partial charge is 0.309 e. The van der Waals surface area contributed by atoms with Gasteiger partial charge in [0.15, 0.2) is 0 Å². The van der Waals surface area contributed by atoms with Crippen LogP contribution in [0.15, 0.2) is 77.0 Å². The molecule has 0 radical (unpaired) electrons. The van der Waals surface area contributed by atoms with Gasteiger partial charge in [-0.2, -0.15) is 0 Å². The summed E-state index contributed by atoms with van der Waals surface area (Å²) in [4.78, 5) is 0. The van der Waals surface area contributed by atoms with E-state index < -0.39 is 72.2 Å². The lowest BCUT2D eigenvalue weighted by Crippen LogP contribution is -1.92. The zero-order valence-corrected chi connectivity index (χ0v) is 11.4. The average Bonchev–Trinajstić information content (AvgIpc) is 3.12. The van der Waals surface area contributed by atoms with Gasteiger partial charge in [0.25, 0.3) is 0 Å². The Kier molecular flexibility index (Phi) is 1.07. The van der Waals surface area contributed by atoms with Crippen molar-refractivity contribution in [2.24, 2.45) is 0 Å². The maximum Gasteiger partial charge on any atom is 0.0645 e. The first-order valence-electron chi connectivity index (χ1n) is 11.6. The third kappa shape index (κ3) is 1.61. The minimum atomic E-state index is -0.661. The van der Waals surface area contributed by atoms with E-state index in [9.17, 15) is 0 Å². The van der Waals surface area contributed by atoms with Gasteiger partial charge in [-0.3, -0.25) is 0 Å². The SMILES string of the molecule is [2H]c1c([2H])c([2H])c(-n2c3c([2H])c([2H])c([2H])c([2H])c3c3c(Br)c([2H])c([2H])c([2H])c32)c([2H])c1[2H]. The molecule has 1 heterocycles. The molecule has 0 aliphatic heterocycles. The van der Waals surface area contributed by atoms with Crippen LogP contribution in [0.1, 0.15) is 16.4 Å². The number of benzene rings is 3. The second kappa shape index (κ2) is 4.50. The van der Waals surface area contributed by atoms with E-state index >= 15 is 0 Å². The van der Waals surface area contributed by atoms with E-state index in [1.165, 1.54) is 0 Å². The Bertz CT molecular complexity index is 1400. The first kappa shape index (κ1) is 4.74. The van der Waals surface area contributed by atoms with Gasteiger partial charge >= 0.3 is 0 Å². The molecule has 0 saturated carbocycles. The van der Waals surface area contributed by atoms with Gasteiger partial charge < -0.3 is 4.57 Å². The molecule has 0 atom stereocenters. The summed E-state index contributed by atoms with van der Waals surface area (Å²) >= 11 is 3.20. The number of hydrogen-bond donors (Lipinski definition) is 0. The van der Waals surface area contributed by atoms with Gasteiger partial charge in [0.1, 0.15) is 0 Å². The Morgan fingerprint density at radius 1 is 0.750 bits per heavy atom. The van der Waals surface area contributed by atoms with Crippen LogP contribution in [-0.4, -0.2) is 4.57 Å². The highest BCUT2D eigenvalue weighted by Crippen LogP contribution is 2.35. The quantitative estimate of drug-likeness (QED) is 0.430. The predicted octanol–water partition coefficient (Wildman–Crippen LogP) is 5.55. The number of aromatic nitrogens is 1. The van der Waals surface area contributed by atoms with E-state index in [-0.39, 0.29) is 32.3 Å². The summed E-state index contributed by atoms with van der Waals surface area (Å²) in [6, 6.07) is -6.87. The number of nitrogens with zero attached hydrogens (tertiary/aromatic N) is 1. The summed E-state index contributed by atoms with van der Waals surface area (Å²) in [6.45, 7) is 0. The summed E-state index contributed by atoms with van der Waals surface area (Å²) < 4.78 is 99.3. The Morgan fingerprint density at radius 2 is 1.45 bits per heavy atom. The molecular formula is C18H12BrN. The van der Waals surface area contributed by atoms with Crippen LogP contribution in [0.3, 0.4) is 0 Å². The number of hydrogen-bond acceptors (Lipinski definition) is 0. The maximum atomic E-state index is 8.47. The second-order valence-electron chi connectivity index (χ2n) is 3.95. The van der Waals surface area contributed by atoms with Crippen molar-refractivity contribution >= 4 is 37.7 Å². The van der Waals surface area contributed by atoms with Crippen molar-refractivity contribution in [3.05, 3.63) is 77.0 Å². The molecule has 0 aliphatic carbocycles. The molecule has 0 saturated heterocycles. The Labute approximate surface area is 142 Å². The van der Waals surface area contributed by atoms with Crippen LogP contribution >= 0.6 is 15.9 Å². The molecule has 4 rings (SSSR count). The normalized spacial score (nSPS) is 19.6. The van der Waals surface area contributed by atoms with Gasteiger partial charge in [-0.15, -0.1) is 0 Å². The molecule has 1 nitrogen and oxygen atoms in total. The van der Waals surface area contributed by atoms with Crippen molar-refractivity contribution in [2.75, 3.05) is 0 Å². The number of para-hydroxylation sites is 2. The highest BCUT2D eigenvalue weighted by molar-refractivity contribution is 9.10.